The van der Waals surface area contributed by atoms with E-state index in [9.17, 15) is 0 Å². The highest BCUT2D eigenvalue weighted by molar-refractivity contribution is 3.92. The summed E-state index contributed by atoms with van der Waals surface area (Å²) in [4.78, 5) is 0. The molecule has 0 fully saturated rings. The van der Waals surface area contributed by atoms with E-state index in [1.165, 1.54) is 12.8 Å². The fourth-order valence-corrected chi connectivity index (χ4v) is 0. The zero-order valence-corrected chi connectivity index (χ0v) is 8.12. The quantitative estimate of drug-likeness (QED) is 0.535. The van der Waals surface area contributed by atoms with E-state index < -0.39 is 0 Å². The van der Waals surface area contributed by atoms with Crippen LogP contribution in [0.4, 0.5) is 0 Å². The van der Waals surface area contributed by atoms with Crippen molar-refractivity contribution in [2.75, 3.05) is 0 Å². The van der Waals surface area contributed by atoms with Gasteiger partial charge in [-0.15, -0.1) is 0 Å². The molecule has 0 radical (unpaired) electrons. The van der Waals surface area contributed by atoms with Crippen molar-refractivity contribution >= 4 is 0 Å². The Labute approximate surface area is 61.4 Å². The fraction of sp³-hybridized carbons (Fsp3) is 1.00. The smallest absolute Gasteiger partial charge is 0.0590 e. The van der Waals surface area contributed by atoms with Gasteiger partial charge in [-0.1, -0.05) is 54.4 Å². The minimum Gasteiger partial charge on any atom is -0.344 e. The van der Waals surface area contributed by atoms with Crippen LogP contribution in [0, 0.1) is 0 Å². The van der Waals surface area contributed by atoms with Crippen molar-refractivity contribution in [3.63, 3.8) is 0 Å². The van der Waals surface area contributed by atoms with Gasteiger partial charge in [0.1, 0.15) is 0 Å². The van der Waals surface area contributed by atoms with Crippen molar-refractivity contribution in [2.24, 2.45) is 0 Å². The summed E-state index contributed by atoms with van der Waals surface area (Å²) < 4.78 is 0. The monoisotopic (exact) mass is 135 g/mol. The molecule has 0 saturated carbocycles. The summed E-state index contributed by atoms with van der Waals surface area (Å²) in [6.07, 6.45) is 2.50. The molecular weight excluding hydrogens is 110 g/mol. The zero-order chi connectivity index (χ0) is 7.41. The molecule has 62 valence electrons. The summed E-state index contributed by atoms with van der Waals surface area (Å²) in [5, 5.41) is 0. The van der Waals surface area contributed by atoms with Gasteiger partial charge in [0.2, 0.25) is 0 Å². The molecule has 0 spiro atoms. The van der Waals surface area contributed by atoms with Gasteiger partial charge in [-0.3, -0.25) is 0 Å². The fourth-order valence-electron chi connectivity index (χ4n) is 0. The van der Waals surface area contributed by atoms with E-state index >= 15 is 0 Å². The van der Waals surface area contributed by atoms with E-state index in [0.717, 1.165) is 0 Å². The second-order valence-electron chi connectivity index (χ2n) is 1.41. The van der Waals surface area contributed by atoms with Gasteiger partial charge in [-0.05, 0) is 0 Å². The molecule has 0 amide bonds. The van der Waals surface area contributed by atoms with Crippen LogP contribution in [0.2, 0.25) is 0 Å². The van der Waals surface area contributed by atoms with Crippen LogP contribution in [0.1, 0.15) is 54.4 Å². The van der Waals surface area contributed by atoms with Gasteiger partial charge in [-0.2, -0.15) is 0 Å². The summed E-state index contributed by atoms with van der Waals surface area (Å²) in [5.74, 6) is 0. The maximum atomic E-state index is 2.12. The first-order valence-corrected chi connectivity index (χ1v) is 3.83. The summed E-state index contributed by atoms with van der Waals surface area (Å²) in [7, 11) is 0. The van der Waals surface area contributed by atoms with Crippen molar-refractivity contribution in [3.8, 4) is 0 Å². The molecule has 0 atom stereocenters. The lowest BCUT2D eigenvalue weighted by atomic mass is 10.6. The molecule has 9 heavy (non-hydrogen) atoms. The lowest BCUT2D eigenvalue weighted by Crippen LogP contribution is -1.27. The highest BCUT2D eigenvalue weighted by atomic mass is 14.0. The maximum Gasteiger partial charge on any atom is -0.0590 e. The van der Waals surface area contributed by atoms with Crippen molar-refractivity contribution in [3.05, 3.63) is 0 Å². The van der Waals surface area contributed by atoms with Gasteiger partial charge in [-0.25, -0.2) is 0 Å². The van der Waals surface area contributed by atoms with Gasteiger partial charge < -0.3 is 6.15 Å². The molecular formula is C8H25N. The van der Waals surface area contributed by atoms with Gasteiger partial charge in [0, 0.05) is 0 Å². The third-order valence-electron chi connectivity index (χ3n) is 0. The average molecular weight is 135 g/mol. The Balaban J connectivity index is -0.0000000202. The second kappa shape index (κ2) is 100. The minimum atomic E-state index is 0. The summed E-state index contributed by atoms with van der Waals surface area (Å²) in [5.41, 5.74) is 0. The predicted molar refractivity (Wildman–Crippen MR) is 48.3 cm³/mol. The van der Waals surface area contributed by atoms with Crippen molar-refractivity contribution in [1.29, 1.82) is 0 Å². The summed E-state index contributed by atoms with van der Waals surface area (Å²) >= 11 is 0. The molecule has 0 rings (SSSR count). The highest BCUT2D eigenvalue weighted by Crippen LogP contribution is 1.56. The van der Waals surface area contributed by atoms with Crippen LogP contribution in [0.15, 0.2) is 0 Å². The van der Waals surface area contributed by atoms with E-state index in [4.69, 9.17) is 0 Å². The number of hydrogen-bond donors (Lipinski definition) is 1. The molecule has 3 N–H and O–H groups in total. The van der Waals surface area contributed by atoms with E-state index in [2.05, 4.69) is 27.7 Å². The lowest BCUT2D eigenvalue weighted by Gasteiger charge is -1.48. The molecule has 0 aromatic heterocycles. The largest absolute Gasteiger partial charge is 0.344 e. The topological polar surface area (TPSA) is 35.0 Å². The normalized spacial score (nSPS) is 4.67. The molecule has 0 aliphatic carbocycles. The average Bonchev–Trinajstić information content (AvgIpc) is 1.75. The molecule has 0 saturated heterocycles. The van der Waals surface area contributed by atoms with E-state index in [1.54, 1.807) is 0 Å². The van der Waals surface area contributed by atoms with Gasteiger partial charge in [0.25, 0.3) is 0 Å². The third-order valence-corrected chi connectivity index (χ3v) is 0. The van der Waals surface area contributed by atoms with E-state index in [0.29, 0.717) is 0 Å². The minimum absolute atomic E-state index is 0. The first kappa shape index (κ1) is 23.1. The lowest BCUT2D eigenvalue weighted by molar-refractivity contribution is 1.09. The molecule has 0 heterocycles. The van der Waals surface area contributed by atoms with E-state index in [1.807, 2.05) is 13.8 Å². The predicted octanol–water partition coefficient (Wildman–Crippen LogP) is 4.02. The molecule has 0 aliphatic rings. The van der Waals surface area contributed by atoms with Crippen LogP contribution >= 0.6 is 0 Å². The number of hydrogen-bond acceptors (Lipinski definition) is 1. The van der Waals surface area contributed by atoms with Crippen molar-refractivity contribution in [1.82, 2.24) is 6.15 Å². The Hall–Kier alpha value is -0.0400. The molecule has 0 bridgehead atoms. The standard InChI is InChI=1S/2C3H8.C2H6.H3N/c2*1-3-2;1-2;/h2*3H2,1-2H3;1-2H3;1H3. The Bertz CT molecular complexity index is 6.53. The SMILES string of the molecule is CC.CCC.CCC.N. The molecule has 0 unspecified atom stereocenters. The Kier molecular flexibility index (Phi) is 257. The zero-order valence-electron chi connectivity index (χ0n) is 8.12. The van der Waals surface area contributed by atoms with Crippen LogP contribution in [0.3, 0.4) is 0 Å². The van der Waals surface area contributed by atoms with E-state index in [-0.39, 0.29) is 6.15 Å². The first-order chi connectivity index (χ1) is 3.83. The van der Waals surface area contributed by atoms with Crippen molar-refractivity contribution < 1.29 is 0 Å². The Morgan fingerprint density at radius 3 is 0.667 bits per heavy atom. The summed E-state index contributed by atoms with van der Waals surface area (Å²) in [6.45, 7) is 12.5. The third kappa shape index (κ3) is 177000. The Morgan fingerprint density at radius 1 is 0.667 bits per heavy atom. The first-order valence-electron chi connectivity index (χ1n) is 3.83. The summed E-state index contributed by atoms with van der Waals surface area (Å²) in [6, 6.07) is 0. The van der Waals surface area contributed by atoms with Crippen LogP contribution in [-0.4, -0.2) is 0 Å². The molecule has 0 aliphatic heterocycles. The molecule has 0 aromatic carbocycles. The molecule has 1 nitrogen and oxygen atoms in total. The second-order valence-corrected chi connectivity index (χ2v) is 1.41. The number of rotatable bonds is 0. The van der Waals surface area contributed by atoms with Crippen LogP contribution < -0.4 is 6.15 Å². The maximum absolute atomic E-state index is 2.12. The van der Waals surface area contributed by atoms with Gasteiger partial charge >= 0.3 is 0 Å². The van der Waals surface area contributed by atoms with Crippen LogP contribution in [-0.2, 0) is 0 Å². The van der Waals surface area contributed by atoms with Crippen molar-refractivity contribution in [2.45, 2.75) is 54.4 Å². The van der Waals surface area contributed by atoms with Crippen LogP contribution in [0.25, 0.3) is 0 Å². The highest BCUT2D eigenvalue weighted by Gasteiger charge is 1.36. The van der Waals surface area contributed by atoms with Gasteiger partial charge in [0.05, 0.1) is 0 Å². The molecule has 0 aromatic rings. The molecule has 1 heteroatoms. The van der Waals surface area contributed by atoms with Crippen LogP contribution in [0.5, 0.6) is 0 Å². The Morgan fingerprint density at radius 2 is 0.667 bits per heavy atom. The van der Waals surface area contributed by atoms with Gasteiger partial charge in [0.15, 0.2) is 0 Å².